The molecule has 2 amide bonds. The van der Waals surface area contributed by atoms with Crippen LogP contribution in [0.25, 0.3) is 5.69 Å². The molecule has 0 bridgehead atoms. The van der Waals surface area contributed by atoms with E-state index >= 15 is 0 Å². The highest BCUT2D eigenvalue weighted by atomic mass is 16.3. The zero-order valence-electron chi connectivity index (χ0n) is 15.3. The molecule has 1 aromatic carbocycles. The number of carbonyl (C=O) groups is 2. The van der Waals surface area contributed by atoms with Gasteiger partial charge in [0.2, 0.25) is 0 Å². The second kappa shape index (κ2) is 8.08. The lowest BCUT2D eigenvalue weighted by Crippen LogP contribution is -2.43. The Morgan fingerprint density at radius 1 is 1.11 bits per heavy atom. The number of rotatable bonds is 5. The number of carbonyl (C=O) groups excluding carboxylic acids is 2. The van der Waals surface area contributed by atoms with E-state index in [1.54, 1.807) is 23.3 Å². The number of likely N-dealkylation sites (tertiary alicyclic amines) is 1. The SMILES string of the molecule is O=C(NCC1CCCN(C(=O)c2ccc(-n3cnnc3)cc2)C1)c1ccoc1. The lowest BCUT2D eigenvalue weighted by Gasteiger charge is -2.33. The second-order valence-electron chi connectivity index (χ2n) is 6.90. The molecule has 28 heavy (non-hydrogen) atoms. The molecule has 3 aromatic rings. The van der Waals surface area contributed by atoms with Gasteiger partial charge in [0, 0.05) is 30.9 Å². The van der Waals surface area contributed by atoms with Gasteiger partial charge in [0.25, 0.3) is 11.8 Å². The first-order valence-electron chi connectivity index (χ1n) is 9.25. The minimum Gasteiger partial charge on any atom is -0.472 e. The number of nitrogens with zero attached hydrogens (tertiary/aromatic N) is 4. The van der Waals surface area contributed by atoms with E-state index in [9.17, 15) is 9.59 Å². The predicted octanol–water partition coefficient (Wildman–Crippen LogP) is 2.14. The maximum atomic E-state index is 12.9. The maximum absolute atomic E-state index is 12.9. The van der Waals surface area contributed by atoms with Crippen molar-refractivity contribution in [1.29, 1.82) is 0 Å². The summed E-state index contributed by atoms with van der Waals surface area (Å²) < 4.78 is 6.72. The van der Waals surface area contributed by atoms with Crippen LogP contribution in [-0.4, -0.2) is 51.1 Å². The molecule has 8 nitrogen and oxygen atoms in total. The minimum atomic E-state index is -0.151. The van der Waals surface area contributed by atoms with Gasteiger partial charge in [-0.15, -0.1) is 10.2 Å². The Bertz CT molecular complexity index is 919. The molecule has 2 aromatic heterocycles. The first kappa shape index (κ1) is 18.0. The lowest BCUT2D eigenvalue weighted by molar-refractivity contribution is 0.0671. The van der Waals surface area contributed by atoms with Crippen molar-refractivity contribution in [2.45, 2.75) is 12.8 Å². The van der Waals surface area contributed by atoms with Crippen LogP contribution >= 0.6 is 0 Å². The van der Waals surface area contributed by atoms with Gasteiger partial charge in [-0.1, -0.05) is 0 Å². The third-order valence-electron chi connectivity index (χ3n) is 4.97. The Morgan fingerprint density at radius 3 is 2.61 bits per heavy atom. The van der Waals surface area contributed by atoms with Crippen LogP contribution < -0.4 is 5.32 Å². The van der Waals surface area contributed by atoms with E-state index in [2.05, 4.69) is 15.5 Å². The lowest BCUT2D eigenvalue weighted by atomic mass is 9.97. The van der Waals surface area contributed by atoms with E-state index in [-0.39, 0.29) is 17.7 Å². The van der Waals surface area contributed by atoms with Crippen molar-refractivity contribution < 1.29 is 14.0 Å². The quantitative estimate of drug-likeness (QED) is 0.733. The van der Waals surface area contributed by atoms with Crippen LogP contribution in [0, 0.1) is 5.92 Å². The van der Waals surface area contributed by atoms with E-state index in [4.69, 9.17) is 4.42 Å². The fourth-order valence-electron chi connectivity index (χ4n) is 3.44. The van der Waals surface area contributed by atoms with Gasteiger partial charge in [-0.3, -0.25) is 14.2 Å². The van der Waals surface area contributed by atoms with Crippen LogP contribution in [0.15, 0.2) is 59.9 Å². The summed E-state index contributed by atoms with van der Waals surface area (Å²) in [4.78, 5) is 26.8. The van der Waals surface area contributed by atoms with Crippen molar-refractivity contribution in [3.8, 4) is 5.69 Å². The van der Waals surface area contributed by atoms with Crippen molar-refractivity contribution in [2.24, 2.45) is 5.92 Å². The third kappa shape index (κ3) is 3.95. The van der Waals surface area contributed by atoms with Gasteiger partial charge in [-0.2, -0.15) is 0 Å². The van der Waals surface area contributed by atoms with Crippen LogP contribution in [0.2, 0.25) is 0 Å². The fourth-order valence-corrected chi connectivity index (χ4v) is 3.44. The van der Waals surface area contributed by atoms with E-state index in [1.807, 2.05) is 29.2 Å². The molecule has 0 spiro atoms. The third-order valence-corrected chi connectivity index (χ3v) is 4.97. The van der Waals surface area contributed by atoms with Crippen molar-refractivity contribution in [3.63, 3.8) is 0 Å². The Morgan fingerprint density at radius 2 is 1.89 bits per heavy atom. The predicted molar refractivity (Wildman–Crippen MR) is 101 cm³/mol. The molecular weight excluding hydrogens is 358 g/mol. The van der Waals surface area contributed by atoms with Crippen LogP contribution in [0.5, 0.6) is 0 Å². The Balaban J connectivity index is 1.34. The maximum Gasteiger partial charge on any atom is 0.254 e. The molecule has 1 aliphatic rings. The molecule has 0 radical (unpaired) electrons. The second-order valence-corrected chi connectivity index (χ2v) is 6.90. The summed E-state index contributed by atoms with van der Waals surface area (Å²) in [7, 11) is 0. The first-order chi connectivity index (χ1) is 13.7. The van der Waals surface area contributed by atoms with Gasteiger partial charge < -0.3 is 14.6 Å². The number of amides is 2. The van der Waals surface area contributed by atoms with Crippen LogP contribution in [0.4, 0.5) is 0 Å². The molecule has 4 rings (SSSR count). The monoisotopic (exact) mass is 379 g/mol. The smallest absolute Gasteiger partial charge is 0.254 e. The summed E-state index contributed by atoms with van der Waals surface area (Å²) in [5.74, 6) is 0.104. The summed E-state index contributed by atoms with van der Waals surface area (Å²) in [5.41, 5.74) is 2.07. The molecule has 3 heterocycles. The normalized spacial score (nSPS) is 16.7. The molecule has 8 heteroatoms. The van der Waals surface area contributed by atoms with Gasteiger partial charge in [0.1, 0.15) is 18.9 Å². The molecule has 1 fully saturated rings. The zero-order valence-corrected chi connectivity index (χ0v) is 15.3. The molecule has 1 N–H and O–H groups in total. The molecule has 1 saturated heterocycles. The van der Waals surface area contributed by atoms with Crippen molar-refractivity contribution >= 4 is 11.8 Å². The number of hydrogen-bond acceptors (Lipinski definition) is 5. The van der Waals surface area contributed by atoms with Gasteiger partial charge in [-0.25, -0.2) is 0 Å². The van der Waals surface area contributed by atoms with Gasteiger partial charge >= 0.3 is 0 Å². The summed E-state index contributed by atoms with van der Waals surface area (Å²) in [6, 6.07) is 9.03. The standard InChI is InChI=1S/C20H21N5O3/c26-19(17-7-9-28-12-17)21-10-15-2-1-8-24(11-15)20(27)16-3-5-18(6-4-16)25-13-22-23-14-25/h3-7,9,12-15H,1-2,8,10-11H2,(H,21,26). The summed E-state index contributed by atoms with van der Waals surface area (Å²) in [6.45, 7) is 1.91. The first-order valence-corrected chi connectivity index (χ1v) is 9.25. The highest BCUT2D eigenvalue weighted by molar-refractivity contribution is 5.94. The topological polar surface area (TPSA) is 93.3 Å². The van der Waals surface area contributed by atoms with Crippen LogP contribution in [0.3, 0.4) is 0 Å². The van der Waals surface area contributed by atoms with Crippen LogP contribution in [0.1, 0.15) is 33.6 Å². The number of furan rings is 1. The Kier molecular flexibility index (Phi) is 5.18. The van der Waals surface area contributed by atoms with Crippen molar-refractivity contribution in [2.75, 3.05) is 19.6 Å². The van der Waals surface area contributed by atoms with Crippen molar-refractivity contribution in [3.05, 3.63) is 66.6 Å². The molecule has 0 saturated carbocycles. The number of nitrogens with one attached hydrogen (secondary N) is 1. The zero-order chi connectivity index (χ0) is 19.3. The molecule has 1 unspecified atom stereocenters. The Hall–Kier alpha value is -3.42. The van der Waals surface area contributed by atoms with Crippen LogP contribution in [-0.2, 0) is 0 Å². The van der Waals surface area contributed by atoms with E-state index in [0.29, 0.717) is 24.2 Å². The minimum absolute atomic E-state index is 0.0150. The Labute approximate surface area is 162 Å². The van der Waals surface area contributed by atoms with E-state index < -0.39 is 0 Å². The van der Waals surface area contributed by atoms with Gasteiger partial charge in [0.05, 0.1) is 11.8 Å². The van der Waals surface area contributed by atoms with E-state index in [1.165, 1.54) is 12.5 Å². The molecular formula is C20H21N5O3. The number of piperidine rings is 1. The number of benzene rings is 1. The average molecular weight is 379 g/mol. The largest absolute Gasteiger partial charge is 0.472 e. The number of hydrogen-bond donors (Lipinski definition) is 1. The average Bonchev–Trinajstić information content (AvgIpc) is 3.46. The van der Waals surface area contributed by atoms with Crippen molar-refractivity contribution in [1.82, 2.24) is 25.0 Å². The summed E-state index contributed by atoms with van der Waals surface area (Å²) >= 11 is 0. The van der Waals surface area contributed by atoms with Gasteiger partial charge in [-0.05, 0) is 49.1 Å². The number of aromatic nitrogens is 3. The molecule has 0 aliphatic carbocycles. The van der Waals surface area contributed by atoms with E-state index in [0.717, 1.165) is 25.1 Å². The van der Waals surface area contributed by atoms with Gasteiger partial charge in [0.15, 0.2) is 0 Å². The fraction of sp³-hybridized carbons (Fsp3) is 0.300. The summed E-state index contributed by atoms with van der Waals surface area (Å²) in [5, 5.41) is 10.5. The highest BCUT2D eigenvalue weighted by Crippen LogP contribution is 2.19. The highest BCUT2D eigenvalue weighted by Gasteiger charge is 2.25. The molecule has 1 aliphatic heterocycles. The molecule has 1 atom stereocenters. The summed E-state index contributed by atoms with van der Waals surface area (Å²) in [6.07, 6.45) is 8.05. The molecule has 144 valence electrons.